The third-order valence-electron chi connectivity index (χ3n) is 7.64. The minimum Gasteiger partial charge on any atom is -0.486 e. The van der Waals surface area contributed by atoms with Crippen molar-refractivity contribution in [3.05, 3.63) is 95.1 Å². The van der Waals surface area contributed by atoms with Gasteiger partial charge < -0.3 is 19.7 Å². The molecule has 39 heavy (non-hydrogen) atoms. The lowest BCUT2D eigenvalue weighted by atomic mass is 10.0. The molecule has 1 atom stereocenters. The minimum absolute atomic E-state index is 0.0334. The normalized spacial score (nSPS) is 15.5. The molecule has 1 unspecified atom stereocenters. The first-order valence-corrected chi connectivity index (χ1v) is 14.1. The Hall–Kier alpha value is -3.80. The summed E-state index contributed by atoms with van der Waals surface area (Å²) >= 11 is 0. The first kappa shape index (κ1) is 26.8. The van der Waals surface area contributed by atoms with Crippen LogP contribution in [0.5, 0.6) is 11.5 Å². The largest absolute Gasteiger partial charge is 0.486 e. The number of fused-ring (bicyclic) bond motifs is 1. The molecule has 2 amide bonds. The van der Waals surface area contributed by atoms with Crippen LogP contribution in [-0.2, 0) is 29.0 Å². The van der Waals surface area contributed by atoms with E-state index in [1.165, 1.54) is 0 Å². The highest BCUT2D eigenvalue weighted by Crippen LogP contribution is 2.31. The zero-order chi connectivity index (χ0) is 27.0. The fourth-order valence-corrected chi connectivity index (χ4v) is 5.57. The lowest BCUT2D eigenvalue weighted by molar-refractivity contribution is -0.141. The summed E-state index contributed by atoms with van der Waals surface area (Å²) < 4.78 is 11.4. The third-order valence-corrected chi connectivity index (χ3v) is 7.64. The highest BCUT2D eigenvalue weighted by molar-refractivity contribution is 5.88. The molecule has 1 aliphatic carbocycles. The molecule has 0 spiro atoms. The monoisotopic (exact) mass is 526 g/mol. The molecule has 0 radical (unpaired) electrons. The number of ether oxygens (including phenoxy) is 2. The van der Waals surface area contributed by atoms with Gasteiger partial charge >= 0.3 is 0 Å². The van der Waals surface area contributed by atoms with Gasteiger partial charge in [0.25, 0.3) is 0 Å². The fourth-order valence-electron chi connectivity index (χ4n) is 5.57. The van der Waals surface area contributed by atoms with Crippen molar-refractivity contribution in [2.24, 2.45) is 0 Å². The number of carbonyl (C=O) groups is 2. The number of hydrogen-bond donors (Lipinski definition) is 1. The molecule has 5 rings (SSSR count). The van der Waals surface area contributed by atoms with E-state index in [2.05, 4.69) is 11.4 Å². The third kappa shape index (κ3) is 7.20. The Morgan fingerprint density at radius 3 is 2.38 bits per heavy atom. The van der Waals surface area contributed by atoms with Gasteiger partial charge in [0.05, 0.1) is 0 Å². The van der Waals surface area contributed by atoms with E-state index in [9.17, 15) is 9.59 Å². The molecule has 1 fully saturated rings. The maximum atomic E-state index is 14.0. The number of benzene rings is 3. The van der Waals surface area contributed by atoms with Crippen molar-refractivity contribution < 1.29 is 19.1 Å². The van der Waals surface area contributed by atoms with Crippen LogP contribution < -0.4 is 14.8 Å². The van der Waals surface area contributed by atoms with Gasteiger partial charge in [-0.25, -0.2) is 0 Å². The molecule has 0 aromatic heterocycles. The van der Waals surface area contributed by atoms with Crippen LogP contribution in [0.3, 0.4) is 0 Å². The van der Waals surface area contributed by atoms with Crippen LogP contribution in [0.15, 0.2) is 72.8 Å². The van der Waals surface area contributed by atoms with E-state index in [-0.39, 0.29) is 17.9 Å². The summed E-state index contributed by atoms with van der Waals surface area (Å²) in [5.41, 5.74) is 4.21. The lowest BCUT2D eigenvalue weighted by Gasteiger charge is -2.32. The van der Waals surface area contributed by atoms with Crippen molar-refractivity contribution in [3.63, 3.8) is 0 Å². The van der Waals surface area contributed by atoms with Crippen molar-refractivity contribution in [1.82, 2.24) is 10.2 Å². The average molecular weight is 527 g/mol. The summed E-state index contributed by atoms with van der Waals surface area (Å²) in [5, 5.41) is 3.28. The van der Waals surface area contributed by atoms with Gasteiger partial charge in [-0.1, -0.05) is 79.1 Å². The number of rotatable bonds is 10. The topological polar surface area (TPSA) is 67.9 Å². The van der Waals surface area contributed by atoms with Crippen molar-refractivity contribution in [2.45, 2.75) is 70.5 Å². The SMILES string of the molecule is Cc1cccc(CN(C(=O)CCc2ccc3c(c2)OCCO3)C(Cc2ccccc2)C(=O)NC2CCCC2)c1. The van der Waals surface area contributed by atoms with Crippen molar-refractivity contribution in [3.8, 4) is 11.5 Å². The number of nitrogens with one attached hydrogen (secondary N) is 1. The number of nitrogens with zero attached hydrogens (tertiary/aromatic N) is 1. The molecule has 0 bridgehead atoms. The van der Waals surface area contributed by atoms with Gasteiger partial charge in [-0.15, -0.1) is 0 Å². The van der Waals surface area contributed by atoms with E-state index < -0.39 is 6.04 Å². The summed E-state index contributed by atoms with van der Waals surface area (Å²) in [6.07, 6.45) is 5.60. The Bertz CT molecular complexity index is 1270. The van der Waals surface area contributed by atoms with Gasteiger partial charge in [0.1, 0.15) is 19.3 Å². The van der Waals surface area contributed by atoms with E-state index >= 15 is 0 Å². The molecule has 1 aliphatic heterocycles. The van der Waals surface area contributed by atoms with Gasteiger partial charge in [0.15, 0.2) is 11.5 Å². The molecule has 1 saturated carbocycles. The molecule has 3 aromatic rings. The van der Waals surface area contributed by atoms with Crippen LogP contribution in [0.25, 0.3) is 0 Å². The summed E-state index contributed by atoms with van der Waals surface area (Å²) in [7, 11) is 0. The van der Waals surface area contributed by atoms with Crippen LogP contribution in [-0.4, -0.2) is 42.0 Å². The zero-order valence-electron chi connectivity index (χ0n) is 22.7. The second-order valence-corrected chi connectivity index (χ2v) is 10.7. The minimum atomic E-state index is -0.596. The maximum absolute atomic E-state index is 14.0. The Kier molecular flexibility index (Phi) is 8.82. The smallest absolute Gasteiger partial charge is 0.243 e. The Balaban J connectivity index is 1.39. The van der Waals surface area contributed by atoms with Crippen LogP contribution in [0.4, 0.5) is 0 Å². The van der Waals surface area contributed by atoms with Gasteiger partial charge in [0, 0.05) is 25.4 Å². The number of aryl methyl sites for hydroxylation is 2. The lowest BCUT2D eigenvalue weighted by Crippen LogP contribution is -2.52. The predicted octanol–water partition coefficient (Wildman–Crippen LogP) is 5.40. The molecular formula is C33H38N2O4. The highest BCUT2D eigenvalue weighted by Gasteiger charge is 2.32. The van der Waals surface area contributed by atoms with E-state index in [0.717, 1.165) is 59.4 Å². The summed E-state index contributed by atoms with van der Waals surface area (Å²) in [4.78, 5) is 29.6. The molecule has 1 heterocycles. The fraction of sp³-hybridized carbons (Fsp3) is 0.394. The van der Waals surface area contributed by atoms with Gasteiger partial charge in [-0.05, 0) is 55.0 Å². The molecule has 0 saturated heterocycles. The molecule has 2 aliphatic rings. The summed E-state index contributed by atoms with van der Waals surface area (Å²) in [6, 6.07) is 23.6. The Labute approximate surface area is 231 Å². The van der Waals surface area contributed by atoms with Crippen LogP contribution in [0.2, 0.25) is 0 Å². The van der Waals surface area contributed by atoms with E-state index in [4.69, 9.17) is 9.47 Å². The van der Waals surface area contributed by atoms with Crippen LogP contribution in [0, 0.1) is 6.92 Å². The summed E-state index contributed by atoms with van der Waals surface area (Å²) in [6.45, 7) is 3.50. The number of carbonyl (C=O) groups excluding carboxylic acids is 2. The molecular weight excluding hydrogens is 488 g/mol. The average Bonchev–Trinajstić information content (AvgIpc) is 3.47. The Morgan fingerprint density at radius 2 is 1.62 bits per heavy atom. The standard InChI is InChI=1S/C33H38N2O4/c1-24-8-7-11-27(20-24)23-35(32(36)17-15-26-14-16-30-31(22-26)39-19-18-38-30)29(21-25-9-3-2-4-10-25)33(37)34-28-12-5-6-13-28/h2-4,7-11,14,16,20,22,28-29H,5-6,12-13,15,17-19,21,23H2,1H3,(H,34,37). The molecule has 6 heteroatoms. The quantitative estimate of drug-likeness (QED) is 0.384. The predicted molar refractivity (Wildman–Crippen MR) is 152 cm³/mol. The maximum Gasteiger partial charge on any atom is 0.243 e. The van der Waals surface area contributed by atoms with Crippen molar-refractivity contribution >= 4 is 11.8 Å². The molecule has 204 valence electrons. The van der Waals surface area contributed by atoms with E-state index in [1.54, 1.807) is 4.90 Å². The van der Waals surface area contributed by atoms with Crippen molar-refractivity contribution in [2.75, 3.05) is 13.2 Å². The molecule has 3 aromatic carbocycles. The second kappa shape index (κ2) is 12.8. The van der Waals surface area contributed by atoms with Crippen LogP contribution >= 0.6 is 0 Å². The first-order chi connectivity index (χ1) is 19.0. The van der Waals surface area contributed by atoms with E-state index in [0.29, 0.717) is 39.0 Å². The van der Waals surface area contributed by atoms with Gasteiger partial charge in [-0.2, -0.15) is 0 Å². The van der Waals surface area contributed by atoms with E-state index in [1.807, 2.05) is 73.7 Å². The summed E-state index contributed by atoms with van der Waals surface area (Å²) in [5.74, 6) is 1.37. The number of hydrogen-bond acceptors (Lipinski definition) is 4. The Morgan fingerprint density at radius 1 is 0.872 bits per heavy atom. The van der Waals surface area contributed by atoms with Crippen LogP contribution in [0.1, 0.15) is 54.4 Å². The first-order valence-electron chi connectivity index (χ1n) is 14.1. The van der Waals surface area contributed by atoms with Gasteiger partial charge in [-0.3, -0.25) is 9.59 Å². The molecule has 1 N–H and O–H groups in total. The van der Waals surface area contributed by atoms with Crippen molar-refractivity contribution in [1.29, 1.82) is 0 Å². The number of amides is 2. The zero-order valence-corrected chi connectivity index (χ0v) is 22.7. The highest BCUT2D eigenvalue weighted by atomic mass is 16.6. The van der Waals surface area contributed by atoms with Gasteiger partial charge in [0.2, 0.25) is 11.8 Å². The molecule has 6 nitrogen and oxygen atoms in total. The second-order valence-electron chi connectivity index (χ2n) is 10.7.